The number of ether oxygens (including phenoxy) is 1. The second-order valence-electron chi connectivity index (χ2n) is 10.7. The van der Waals surface area contributed by atoms with E-state index in [0.29, 0.717) is 18.9 Å². The highest BCUT2D eigenvalue weighted by molar-refractivity contribution is 7.90. The summed E-state index contributed by atoms with van der Waals surface area (Å²) in [5.41, 5.74) is 0.949. The van der Waals surface area contributed by atoms with E-state index in [1.165, 1.54) is 0 Å². The van der Waals surface area contributed by atoms with Crippen molar-refractivity contribution in [3.63, 3.8) is 0 Å². The molecule has 0 radical (unpaired) electrons. The van der Waals surface area contributed by atoms with Crippen LogP contribution in [0.2, 0.25) is 0 Å². The van der Waals surface area contributed by atoms with Gasteiger partial charge in [-0.2, -0.15) is 0 Å². The molecule has 1 amide bonds. The van der Waals surface area contributed by atoms with Crippen molar-refractivity contribution < 1.29 is 27.3 Å². The lowest BCUT2D eigenvalue weighted by Gasteiger charge is -2.41. The van der Waals surface area contributed by atoms with Crippen LogP contribution in [0.15, 0.2) is 42.5 Å². The van der Waals surface area contributed by atoms with Crippen molar-refractivity contribution in [1.82, 2.24) is 9.62 Å². The quantitative estimate of drug-likeness (QED) is 0.377. The molecule has 0 spiro atoms. The fourth-order valence-corrected chi connectivity index (χ4v) is 6.12. The Bertz CT molecular complexity index is 1050. The van der Waals surface area contributed by atoms with Gasteiger partial charge >= 0.3 is 6.09 Å². The summed E-state index contributed by atoms with van der Waals surface area (Å²) in [6.45, 7) is 5.70. The van der Waals surface area contributed by atoms with Gasteiger partial charge in [0.25, 0.3) is 0 Å². The van der Waals surface area contributed by atoms with Gasteiger partial charge in [0, 0.05) is 29.5 Å². The number of carbonyl (C=O) groups is 1. The van der Waals surface area contributed by atoms with Crippen molar-refractivity contribution in [2.24, 2.45) is 5.92 Å². The predicted octanol–water partition coefficient (Wildman–Crippen LogP) is 5.65. The molecule has 1 N–H and O–H groups in total. The maximum Gasteiger partial charge on any atom is 0.410 e. The van der Waals surface area contributed by atoms with Gasteiger partial charge in [-0.1, -0.05) is 30.3 Å². The highest BCUT2D eigenvalue weighted by Gasteiger charge is 2.47. The number of hydrogen-bond acceptors (Lipinski definition) is 4. The average molecular weight is 523 g/mol. The molecule has 2 aliphatic rings. The molecule has 2 aromatic carbocycles. The lowest BCUT2D eigenvalue weighted by molar-refractivity contribution is 0.0483. The van der Waals surface area contributed by atoms with Gasteiger partial charge in [0.15, 0.2) is 11.6 Å². The minimum atomic E-state index is -1.45. The molecule has 2 fully saturated rings. The van der Waals surface area contributed by atoms with Crippen LogP contribution in [0.3, 0.4) is 0 Å². The monoisotopic (exact) mass is 522 g/mol. The normalized spacial score (nSPS) is 23.4. The molecule has 2 aromatic rings. The number of amides is 1. The Labute approximate surface area is 213 Å². The van der Waals surface area contributed by atoms with Gasteiger partial charge < -0.3 is 14.2 Å². The molecular weight excluding hydrogens is 489 g/mol. The number of benzene rings is 2. The van der Waals surface area contributed by atoms with Crippen LogP contribution in [0.5, 0.6) is 0 Å². The van der Waals surface area contributed by atoms with E-state index in [-0.39, 0.29) is 42.7 Å². The first-order valence-electron chi connectivity index (χ1n) is 12.3. The average Bonchev–Trinajstić information content (AvgIpc) is 3.09. The maximum atomic E-state index is 14.5. The van der Waals surface area contributed by atoms with E-state index < -0.39 is 39.6 Å². The van der Waals surface area contributed by atoms with Crippen LogP contribution in [0.4, 0.5) is 18.0 Å². The van der Waals surface area contributed by atoms with Crippen molar-refractivity contribution in [3.05, 3.63) is 71.0 Å². The van der Waals surface area contributed by atoms with Crippen molar-refractivity contribution >= 4 is 17.5 Å². The standard InChI is InChI=1S/C27H33F3N2O3S/c1-27(2,3)36(34)31-25(14-18-13-23(29)24(30)15-22(18)28)19-11-20-9-10-21(12-19)32(20)26(33)35-16-17-7-5-4-6-8-17/h4-8,13,15,19-21,25,31H,9-12,14,16H2,1-3H3/t19-,20-,21+,25-,36+/m1/s1. The molecule has 9 heteroatoms. The van der Waals surface area contributed by atoms with Crippen molar-refractivity contribution in [2.75, 3.05) is 0 Å². The number of nitrogens with one attached hydrogen (secondary N) is 1. The molecule has 5 nitrogen and oxygen atoms in total. The summed E-state index contributed by atoms with van der Waals surface area (Å²) < 4.78 is 63.0. The Kier molecular flexibility index (Phi) is 8.22. The van der Waals surface area contributed by atoms with Gasteiger partial charge in [0.05, 0.1) is 6.04 Å². The van der Waals surface area contributed by atoms with Crippen LogP contribution in [-0.4, -0.2) is 38.4 Å². The highest BCUT2D eigenvalue weighted by atomic mass is 32.2. The van der Waals surface area contributed by atoms with Crippen LogP contribution in [-0.2, 0) is 29.1 Å². The van der Waals surface area contributed by atoms with Crippen LogP contribution in [0, 0.1) is 23.4 Å². The highest BCUT2D eigenvalue weighted by Crippen LogP contribution is 2.41. The molecule has 4 rings (SSSR count). The second kappa shape index (κ2) is 11.0. The van der Waals surface area contributed by atoms with Crippen LogP contribution in [0.1, 0.15) is 57.6 Å². The van der Waals surface area contributed by atoms with E-state index in [1.807, 2.05) is 56.0 Å². The molecule has 0 aromatic heterocycles. The summed E-state index contributed by atoms with van der Waals surface area (Å²) in [4.78, 5) is 14.8. The van der Waals surface area contributed by atoms with E-state index in [1.54, 1.807) is 0 Å². The largest absolute Gasteiger partial charge is 0.598 e. The first kappa shape index (κ1) is 26.8. The van der Waals surface area contributed by atoms with Crippen LogP contribution < -0.4 is 4.72 Å². The zero-order valence-corrected chi connectivity index (χ0v) is 21.6. The van der Waals surface area contributed by atoms with E-state index in [0.717, 1.165) is 24.5 Å². The molecule has 0 unspecified atom stereocenters. The van der Waals surface area contributed by atoms with E-state index in [9.17, 15) is 22.5 Å². The van der Waals surface area contributed by atoms with Gasteiger partial charge in [-0.25, -0.2) is 18.0 Å². The molecule has 196 valence electrons. The smallest absolute Gasteiger partial charge is 0.410 e. The maximum absolute atomic E-state index is 14.5. The number of piperidine rings is 1. The summed E-state index contributed by atoms with van der Waals surface area (Å²) in [6.07, 6.45) is 2.63. The topological polar surface area (TPSA) is 64.6 Å². The minimum absolute atomic E-state index is 0.0283. The minimum Gasteiger partial charge on any atom is -0.598 e. The van der Waals surface area contributed by atoms with E-state index in [2.05, 4.69) is 4.72 Å². The summed E-state index contributed by atoms with van der Waals surface area (Å²) in [7, 11) is 0. The van der Waals surface area contributed by atoms with Crippen LogP contribution >= 0.6 is 0 Å². The van der Waals surface area contributed by atoms with Gasteiger partial charge in [0.1, 0.15) is 17.2 Å². The number of hydrogen-bond donors (Lipinski definition) is 1. The molecule has 2 heterocycles. The summed E-state index contributed by atoms with van der Waals surface area (Å²) in [6, 6.07) is 10.4. The SMILES string of the molecule is CC(C)(C)[S@+]([O-])N[C@H](Cc1cc(F)c(F)cc1F)[C@@H]1C[C@H]2CC[C@@H](C1)N2C(=O)OCc1ccccc1. The molecule has 0 saturated carbocycles. The molecule has 36 heavy (non-hydrogen) atoms. The zero-order chi connectivity index (χ0) is 26.0. The van der Waals surface area contributed by atoms with Crippen LogP contribution in [0.25, 0.3) is 0 Å². The Balaban J connectivity index is 1.48. The second-order valence-corrected chi connectivity index (χ2v) is 12.7. The van der Waals surface area contributed by atoms with Crippen molar-refractivity contribution in [1.29, 1.82) is 0 Å². The third kappa shape index (κ3) is 6.18. The lowest BCUT2D eigenvalue weighted by atomic mass is 9.83. The first-order valence-corrected chi connectivity index (χ1v) is 13.5. The fourth-order valence-electron chi connectivity index (χ4n) is 5.22. The predicted molar refractivity (Wildman–Crippen MR) is 133 cm³/mol. The number of carbonyl (C=O) groups excluding carboxylic acids is 1. The molecule has 5 atom stereocenters. The number of nitrogens with zero attached hydrogens (tertiary/aromatic N) is 1. The molecular formula is C27H33F3N2O3S. The summed E-state index contributed by atoms with van der Waals surface area (Å²) >= 11 is -1.45. The molecule has 2 bridgehead atoms. The van der Waals surface area contributed by atoms with Crippen molar-refractivity contribution in [2.45, 2.75) is 82.4 Å². The molecule has 0 aliphatic carbocycles. The Morgan fingerprint density at radius 1 is 1.08 bits per heavy atom. The molecule has 2 saturated heterocycles. The zero-order valence-electron chi connectivity index (χ0n) is 20.8. The van der Waals surface area contributed by atoms with Gasteiger partial charge in [-0.3, -0.25) is 0 Å². The third-order valence-corrected chi connectivity index (χ3v) is 8.73. The summed E-state index contributed by atoms with van der Waals surface area (Å²) in [5, 5.41) is 0. The van der Waals surface area contributed by atoms with Gasteiger partial charge in [-0.15, -0.1) is 4.72 Å². The lowest BCUT2D eigenvalue weighted by Crippen LogP contribution is -2.54. The van der Waals surface area contributed by atoms with E-state index >= 15 is 0 Å². The number of rotatable bonds is 7. The Morgan fingerprint density at radius 2 is 1.69 bits per heavy atom. The van der Waals surface area contributed by atoms with E-state index in [4.69, 9.17) is 4.74 Å². The van der Waals surface area contributed by atoms with Gasteiger partial charge in [-0.05, 0) is 76.0 Å². The summed E-state index contributed by atoms with van der Waals surface area (Å²) in [5.74, 6) is -3.20. The first-order chi connectivity index (χ1) is 17.0. The Morgan fingerprint density at radius 3 is 2.31 bits per heavy atom. The fraction of sp³-hybridized carbons (Fsp3) is 0.519. The molecule has 2 aliphatic heterocycles. The number of halogens is 3. The number of fused-ring (bicyclic) bond motifs is 2. The van der Waals surface area contributed by atoms with Gasteiger partial charge in [0.2, 0.25) is 0 Å². The Hall–Kier alpha value is -2.23. The van der Waals surface area contributed by atoms with Crippen molar-refractivity contribution in [3.8, 4) is 0 Å². The third-order valence-electron chi connectivity index (χ3n) is 7.10.